The second-order valence-electron chi connectivity index (χ2n) is 4.49. The molecule has 1 fully saturated rings. The molecular weight excluding hydrogens is 178 g/mol. The second kappa shape index (κ2) is 4.78. The van der Waals surface area contributed by atoms with E-state index in [2.05, 4.69) is 13.8 Å². The van der Waals surface area contributed by atoms with E-state index in [-0.39, 0.29) is 12.5 Å². The molecule has 0 bridgehead atoms. The SMILES string of the molecule is CC(=O)N1CCC1C(CCO)C(C)C. The van der Waals surface area contributed by atoms with Crippen LogP contribution in [0, 0.1) is 11.8 Å². The van der Waals surface area contributed by atoms with E-state index in [0.717, 1.165) is 19.4 Å². The van der Waals surface area contributed by atoms with Crippen LogP contribution >= 0.6 is 0 Å². The number of rotatable bonds is 4. The highest BCUT2D eigenvalue weighted by Crippen LogP contribution is 2.31. The summed E-state index contributed by atoms with van der Waals surface area (Å²) in [4.78, 5) is 13.2. The Kier molecular flexibility index (Phi) is 3.93. The monoisotopic (exact) mass is 199 g/mol. The molecule has 0 saturated carbocycles. The number of aliphatic hydroxyl groups is 1. The lowest BCUT2D eigenvalue weighted by atomic mass is 9.79. The fraction of sp³-hybridized carbons (Fsp3) is 0.909. The van der Waals surface area contributed by atoms with E-state index in [1.54, 1.807) is 6.92 Å². The van der Waals surface area contributed by atoms with Crippen LogP contribution in [0.5, 0.6) is 0 Å². The molecule has 0 aromatic heterocycles. The minimum absolute atomic E-state index is 0.171. The predicted octanol–water partition coefficient (Wildman–Crippen LogP) is 1.26. The van der Waals surface area contributed by atoms with Gasteiger partial charge in [-0.25, -0.2) is 0 Å². The Morgan fingerprint density at radius 2 is 2.21 bits per heavy atom. The van der Waals surface area contributed by atoms with E-state index in [1.165, 1.54) is 0 Å². The van der Waals surface area contributed by atoms with E-state index in [9.17, 15) is 4.79 Å². The van der Waals surface area contributed by atoms with Gasteiger partial charge in [0.15, 0.2) is 0 Å². The number of hydrogen-bond donors (Lipinski definition) is 1. The van der Waals surface area contributed by atoms with Gasteiger partial charge in [0, 0.05) is 26.1 Å². The molecule has 0 aliphatic carbocycles. The summed E-state index contributed by atoms with van der Waals surface area (Å²) in [6, 6.07) is 0.375. The Morgan fingerprint density at radius 3 is 2.50 bits per heavy atom. The van der Waals surface area contributed by atoms with Crippen LogP contribution in [0.25, 0.3) is 0 Å². The first-order chi connectivity index (χ1) is 6.57. The predicted molar refractivity (Wildman–Crippen MR) is 55.8 cm³/mol. The number of likely N-dealkylation sites (tertiary alicyclic amines) is 1. The number of nitrogens with zero attached hydrogens (tertiary/aromatic N) is 1. The average Bonchev–Trinajstić information content (AvgIpc) is 1.99. The first-order valence-electron chi connectivity index (χ1n) is 5.46. The van der Waals surface area contributed by atoms with E-state index in [4.69, 9.17) is 5.11 Å². The molecule has 2 unspecified atom stereocenters. The van der Waals surface area contributed by atoms with Crippen LogP contribution < -0.4 is 0 Å². The third-order valence-corrected chi connectivity index (χ3v) is 3.28. The number of hydrogen-bond acceptors (Lipinski definition) is 2. The van der Waals surface area contributed by atoms with Crippen LogP contribution in [0.15, 0.2) is 0 Å². The van der Waals surface area contributed by atoms with Crippen molar-refractivity contribution in [3.8, 4) is 0 Å². The normalized spacial score (nSPS) is 23.5. The summed E-state index contributed by atoms with van der Waals surface area (Å²) in [5.41, 5.74) is 0. The summed E-state index contributed by atoms with van der Waals surface area (Å²) in [5, 5.41) is 8.98. The molecular formula is C11H21NO2. The number of carbonyl (C=O) groups is 1. The lowest BCUT2D eigenvalue weighted by Gasteiger charge is -2.46. The van der Waals surface area contributed by atoms with E-state index in [1.807, 2.05) is 4.90 Å². The van der Waals surface area contributed by atoms with Gasteiger partial charge in [-0.3, -0.25) is 4.79 Å². The molecule has 1 aliphatic heterocycles. The molecule has 1 saturated heterocycles. The Hall–Kier alpha value is -0.570. The first kappa shape index (κ1) is 11.5. The molecule has 14 heavy (non-hydrogen) atoms. The molecule has 1 aliphatic rings. The standard InChI is InChI=1S/C11H21NO2/c1-8(2)10(5-7-13)11-4-6-12(11)9(3)14/h8,10-11,13H,4-7H2,1-3H3. The molecule has 0 spiro atoms. The summed E-state index contributed by atoms with van der Waals surface area (Å²) in [6.45, 7) is 7.08. The van der Waals surface area contributed by atoms with Crippen LogP contribution in [0.4, 0.5) is 0 Å². The Bertz CT molecular complexity index is 203. The minimum atomic E-state index is 0.171. The minimum Gasteiger partial charge on any atom is -0.396 e. The van der Waals surface area contributed by atoms with Crippen molar-refractivity contribution in [3.05, 3.63) is 0 Å². The third-order valence-electron chi connectivity index (χ3n) is 3.28. The van der Waals surface area contributed by atoms with Crippen molar-refractivity contribution in [1.29, 1.82) is 0 Å². The highest BCUT2D eigenvalue weighted by atomic mass is 16.3. The maximum atomic E-state index is 11.2. The molecule has 0 aromatic carbocycles. The second-order valence-corrected chi connectivity index (χ2v) is 4.49. The number of amides is 1. The quantitative estimate of drug-likeness (QED) is 0.740. The summed E-state index contributed by atoms with van der Waals surface area (Å²) in [5.74, 6) is 1.16. The summed E-state index contributed by atoms with van der Waals surface area (Å²) in [6.07, 6.45) is 1.91. The molecule has 3 heteroatoms. The van der Waals surface area contributed by atoms with Crippen LogP contribution in [-0.4, -0.2) is 35.1 Å². The number of aliphatic hydroxyl groups excluding tert-OH is 1. The van der Waals surface area contributed by atoms with Gasteiger partial charge in [-0.05, 0) is 24.7 Å². The zero-order valence-electron chi connectivity index (χ0n) is 9.36. The van der Waals surface area contributed by atoms with Crippen LogP contribution in [0.1, 0.15) is 33.6 Å². The topological polar surface area (TPSA) is 40.5 Å². The summed E-state index contributed by atoms with van der Waals surface area (Å²) in [7, 11) is 0. The van der Waals surface area contributed by atoms with E-state index >= 15 is 0 Å². The van der Waals surface area contributed by atoms with Crippen molar-refractivity contribution >= 4 is 5.91 Å². The van der Waals surface area contributed by atoms with Gasteiger partial charge < -0.3 is 10.0 Å². The van der Waals surface area contributed by atoms with Crippen LogP contribution in [0.2, 0.25) is 0 Å². The highest BCUT2D eigenvalue weighted by Gasteiger charge is 2.37. The van der Waals surface area contributed by atoms with Crippen LogP contribution in [-0.2, 0) is 4.79 Å². The van der Waals surface area contributed by atoms with Gasteiger partial charge in [0.05, 0.1) is 0 Å². The highest BCUT2D eigenvalue weighted by molar-refractivity contribution is 5.74. The van der Waals surface area contributed by atoms with Gasteiger partial charge in [-0.2, -0.15) is 0 Å². The zero-order chi connectivity index (χ0) is 10.7. The van der Waals surface area contributed by atoms with Crippen molar-refractivity contribution in [2.24, 2.45) is 11.8 Å². The average molecular weight is 199 g/mol. The van der Waals surface area contributed by atoms with Crippen molar-refractivity contribution in [1.82, 2.24) is 4.90 Å². The van der Waals surface area contributed by atoms with Crippen LogP contribution in [0.3, 0.4) is 0 Å². The molecule has 1 heterocycles. The molecule has 2 atom stereocenters. The molecule has 0 aromatic rings. The van der Waals surface area contributed by atoms with Gasteiger partial charge in [-0.15, -0.1) is 0 Å². The van der Waals surface area contributed by atoms with Gasteiger partial charge in [0.2, 0.25) is 5.91 Å². The lowest BCUT2D eigenvalue weighted by molar-refractivity contribution is -0.139. The smallest absolute Gasteiger partial charge is 0.219 e. The van der Waals surface area contributed by atoms with Gasteiger partial charge >= 0.3 is 0 Å². The fourth-order valence-corrected chi connectivity index (χ4v) is 2.36. The number of carbonyl (C=O) groups excluding carboxylic acids is 1. The Morgan fingerprint density at radius 1 is 1.57 bits per heavy atom. The fourth-order valence-electron chi connectivity index (χ4n) is 2.36. The van der Waals surface area contributed by atoms with Crippen molar-refractivity contribution in [2.75, 3.05) is 13.2 Å². The van der Waals surface area contributed by atoms with E-state index in [0.29, 0.717) is 17.9 Å². The van der Waals surface area contributed by atoms with Gasteiger partial charge in [0.1, 0.15) is 0 Å². The largest absolute Gasteiger partial charge is 0.396 e. The van der Waals surface area contributed by atoms with Crippen molar-refractivity contribution in [2.45, 2.75) is 39.7 Å². The first-order valence-corrected chi connectivity index (χ1v) is 5.46. The summed E-state index contributed by atoms with van der Waals surface area (Å²) >= 11 is 0. The molecule has 82 valence electrons. The Balaban J connectivity index is 2.55. The van der Waals surface area contributed by atoms with Gasteiger partial charge in [-0.1, -0.05) is 13.8 Å². The maximum Gasteiger partial charge on any atom is 0.219 e. The summed E-state index contributed by atoms with van der Waals surface area (Å²) < 4.78 is 0. The molecule has 1 rings (SSSR count). The maximum absolute atomic E-state index is 11.2. The Labute approximate surface area is 86.1 Å². The molecule has 0 radical (unpaired) electrons. The molecule has 3 nitrogen and oxygen atoms in total. The zero-order valence-corrected chi connectivity index (χ0v) is 9.36. The molecule has 1 N–H and O–H groups in total. The molecule has 1 amide bonds. The van der Waals surface area contributed by atoms with Gasteiger partial charge in [0.25, 0.3) is 0 Å². The lowest BCUT2D eigenvalue weighted by Crippen LogP contribution is -2.55. The third kappa shape index (κ3) is 2.27. The van der Waals surface area contributed by atoms with E-state index < -0.39 is 0 Å². The van der Waals surface area contributed by atoms with Crippen molar-refractivity contribution < 1.29 is 9.90 Å². The van der Waals surface area contributed by atoms with Crippen molar-refractivity contribution in [3.63, 3.8) is 0 Å².